The summed E-state index contributed by atoms with van der Waals surface area (Å²) in [4.78, 5) is 20.0. The van der Waals surface area contributed by atoms with Gasteiger partial charge in [0.15, 0.2) is 0 Å². The van der Waals surface area contributed by atoms with E-state index in [0.717, 1.165) is 11.3 Å². The van der Waals surface area contributed by atoms with Crippen LogP contribution in [-0.4, -0.2) is 26.2 Å². The zero-order valence-electron chi connectivity index (χ0n) is 9.44. The number of hydrogen-bond acceptors (Lipinski definition) is 6. The van der Waals surface area contributed by atoms with E-state index in [-0.39, 0.29) is 11.8 Å². The number of carbonyl (C=O) groups is 1. The molecule has 1 aliphatic carbocycles. The topological polar surface area (TPSA) is 89.1 Å². The lowest BCUT2D eigenvalue weighted by atomic mass is 10.1. The molecule has 94 valence electrons. The molecule has 0 radical (unpaired) electrons. The second kappa shape index (κ2) is 4.49. The van der Waals surface area contributed by atoms with Gasteiger partial charge in [-0.3, -0.25) is 9.78 Å². The number of aromatic nitrogens is 3. The standard InChI is InChI=1S/C11H11N3O3S/c15-11(16)7-2-1-6(3-7)10-13-9(14-17-10)8-4-12-5-18-8/h4-7H,1-3H2,(H,15,16). The Balaban J connectivity index is 1.77. The second-order valence-corrected chi connectivity index (χ2v) is 5.25. The van der Waals surface area contributed by atoms with Gasteiger partial charge in [-0.15, -0.1) is 11.3 Å². The first-order chi connectivity index (χ1) is 8.74. The van der Waals surface area contributed by atoms with Crippen LogP contribution in [0.1, 0.15) is 31.1 Å². The molecule has 2 heterocycles. The van der Waals surface area contributed by atoms with Crippen LogP contribution in [-0.2, 0) is 4.79 Å². The number of hydrogen-bond donors (Lipinski definition) is 1. The van der Waals surface area contributed by atoms with Crippen molar-refractivity contribution >= 4 is 17.3 Å². The van der Waals surface area contributed by atoms with Gasteiger partial charge in [-0.05, 0) is 19.3 Å². The van der Waals surface area contributed by atoms with Crippen LogP contribution in [0, 0.1) is 5.92 Å². The van der Waals surface area contributed by atoms with E-state index in [2.05, 4.69) is 15.1 Å². The molecule has 1 saturated carbocycles. The van der Waals surface area contributed by atoms with Crippen molar-refractivity contribution in [1.82, 2.24) is 15.1 Å². The highest BCUT2D eigenvalue weighted by Crippen LogP contribution is 2.38. The fraction of sp³-hybridized carbons (Fsp3) is 0.455. The molecule has 2 aromatic rings. The molecule has 1 aliphatic rings. The van der Waals surface area contributed by atoms with Crippen LogP contribution >= 0.6 is 11.3 Å². The van der Waals surface area contributed by atoms with Crippen LogP contribution in [0.3, 0.4) is 0 Å². The first-order valence-corrected chi connectivity index (χ1v) is 6.57. The fourth-order valence-electron chi connectivity index (χ4n) is 2.26. The molecule has 2 aromatic heterocycles. The zero-order chi connectivity index (χ0) is 12.5. The highest BCUT2D eigenvalue weighted by molar-refractivity contribution is 7.13. The molecule has 0 bridgehead atoms. The summed E-state index contributed by atoms with van der Waals surface area (Å²) >= 11 is 1.45. The Hall–Kier alpha value is -1.76. The van der Waals surface area contributed by atoms with Gasteiger partial charge in [0.1, 0.15) is 0 Å². The molecule has 6 nitrogen and oxygen atoms in total. The highest BCUT2D eigenvalue weighted by atomic mass is 32.1. The van der Waals surface area contributed by atoms with Crippen LogP contribution in [0.2, 0.25) is 0 Å². The lowest BCUT2D eigenvalue weighted by Gasteiger charge is -2.02. The van der Waals surface area contributed by atoms with Gasteiger partial charge in [-0.25, -0.2) is 0 Å². The van der Waals surface area contributed by atoms with Crippen LogP contribution in [0.4, 0.5) is 0 Å². The third-order valence-electron chi connectivity index (χ3n) is 3.23. The third-order valence-corrected chi connectivity index (χ3v) is 3.99. The molecule has 1 fully saturated rings. The van der Waals surface area contributed by atoms with Crippen molar-refractivity contribution in [3.05, 3.63) is 17.6 Å². The minimum atomic E-state index is -0.736. The largest absolute Gasteiger partial charge is 0.481 e. The van der Waals surface area contributed by atoms with Crippen LogP contribution in [0.15, 0.2) is 16.2 Å². The third kappa shape index (κ3) is 2.01. The summed E-state index contributed by atoms with van der Waals surface area (Å²) in [6.45, 7) is 0. The van der Waals surface area contributed by atoms with Crippen molar-refractivity contribution in [2.75, 3.05) is 0 Å². The first-order valence-electron chi connectivity index (χ1n) is 5.69. The molecule has 2 unspecified atom stereocenters. The van der Waals surface area contributed by atoms with Crippen LogP contribution in [0.25, 0.3) is 10.7 Å². The molecule has 0 spiro atoms. The van der Waals surface area contributed by atoms with Gasteiger partial charge in [0.25, 0.3) is 0 Å². The summed E-state index contributed by atoms with van der Waals surface area (Å²) in [5.74, 6) is 0.127. The van der Waals surface area contributed by atoms with Gasteiger partial charge in [0.05, 0.1) is 16.3 Å². The maximum atomic E-state index is 10.9. The number of carboxylic acid groups (broad SMARTS) is 1. The lowest BCUT2D eigenvalue weighted by Crippen LogP contribution is -2.09. The molecule has 1 N–H and O–H groups in total. The molecule has 0 saturated heterocycles. The fourth-order valence-corrected chi connectivity index (χ4v) is 2.80. The Labute approximate surface area is 107 Å². The predicted molar refractivity (Wildman–Crippen MR) is 63.1 cm³/mol. The smallest absolute Gasteiger partial charge is 0.306 e. The lowest BCUT2D eigenvalue weighted by molar-refractivity contribution is -0.141. The van der Waals surface area contributed by atoms with Crippen molar-refractivity contribution in [1.29, 1.82) is 0 Å². The molecular formula is C11H11N3O3S. The summed E-state index contributed by atoms with van der Waals surface area (Å²) < 4.78 is 5.23. The van der Waals surface area contributed by atoms with E-state index in [9.17, 15) is 4.79 Å². The van der Waals surface area contributed by atoms with Gasteiger partial charge in [-0.2, -0.15) is 4.98 Å². The highest BCUT2D eigenvalue weighted by Gasteiger charge is 2.33. The Morgan fingerprint density at radius 2 is 2.39 bits per heavy atom. The Morgan fingerprint density at radius 3 is 3.06 bits per heavy atom. The number of carboxylic acids is 1. The average molecular weight is 265 g/mol. The number of rotatable bonds is 3. The van der Waals surface area contributed by atoms with Gasteiger partial charge in [-0.1, -0.05) is 5.16 Å². The van der Waals surface area contributed by atoms with E-state index in [1.54, 1.807) is 11.7 Å². The summed E-state index contributed by atoms with van der Waals surface area (Å²) in [6.07, 6.45) is 3.74. The summed E-state index contributed by atoms with van der Waals surface area (Å²) in [5.41, 5.74) is 1.71. The van der Waals surface area contributed by atoms with Crippen molar-refractivity contribution in [2.45, 2.75) is 25.2 Å². The molecule has 3 rings (SSSR count). The Morgan fingerprint density at radius 1 is 1.50 bits per heavy atom. The summed E-state index contributed by atoms with van der Waals surface area (Å²) in [5, 5.41) is 12.9. The maximum absolute atomic E-state index is 10.9. The molecule has 2 atom stereocenters. The Kier molecular flexibility index (Phi) is 2.83. The number of aliphatic carboxylic acids is 1. The average Bonchev–Trinajstić information content (AvgIpc) is 3.10. The van der Waals surface area contributed by atoms with Crippen molar-refractivity contribution in [3.8, 4) is 10.7 Å². The van der Waals surface area contributed by atoms with Gasteiger partial charge >= 0.3 is 5.97 Å². The van der Waals surface area contributed by atoms with E-state index in [0.29, 0.717) is 24.6 Å². The van der Waals surface area contributed by atoms with Gasteiger partial charge < -0.3 is 9.63 Å². The molecule has 0 amide bonds. The molecular weight excluding hydrogens is 254 g/mol. The Bertz CT molecular complexity index is 552. The van der Waals surface area contributed by atoms with Crippen molar-refractivity contribution in [2.24, 2.45) is 5.92 Å². The van der Waals surface area contributed by atoms with E-state index >= 15 is 0 Å². The SMILES string of the molecule is O=C(O)C1CCC(c2nc(-c3cncs3)no2)C1. The predicted octanol–water partition coefficient (Wildman–Crippen LogP) is 2.16. The quantitative estimate of drug-likeness (QED) is 0.914. The minimum absolute atomic E-state index is 0.0697. The number of nitrogens with zero attached hydrogens (tertiary/aromatic N) is 3. The van der Waals surface area contributed by atoms with E-state index in [1.807, 2.05) is 0 Å². The van der Waals surface area contributed by atoms with E-state index < -0.39 is 5.97 Å². The second-order valence-electron chi connectivity index (χ2n) is 4.37. The van der Waals surface area contributed by atoms with Crippen molar-refractivity contribution < 1.29 is 14.4 Å². The summed E-state index contributed by atoms with van der Waals surface area (Å²) in [6, 6.07) is 0. The molecule has 18 heavy (non-hydrogen) atoms. The van der Waals surface area contributed by atoms with Crippen molar-refractivity contribution in [3.63, 3.8) is 0 Å². The molecule has 0 aliphatic heterocycles. The minimum Gasteiger partial charge on any atom is -0.481 e. The molecule has 0 aromatic carbocycles. The van der Waals surface area contributed by atoms with Gasteiger partial charge in [0, 0.05) is 12.1 Å². The first kappa shape index (κ1) is 11.3. The summed E-state index contributed by atoms with van der Waals surface area (Å²) in [7, 11) is 0. The van der Waals surface area contributed by atoms with Crippen LogP contribution in [0.5, 0.6) is 0 Å². The monoisotopic (exact) mass is 265 g/mol. The normalized spacial score (nSPS) is 23.3. The van der Waals surface area contributed by atoms with Crippen LogP contribution < -0.4 is 0 Å². The maximum Gasteiger partial charge on any atom is 0.306 e. The van der Waals surface area contributed by atoms with E-state index in [1.165, 1.54) is 11.3 Å². The van der Waals surface area contributed by atoms with E-state index in [4.69, 9.17) is 9.63 Å². The van der Waals surface area contributed by atoms with Gasteiger partial charge in [0.2, 0.25) is 11.7 Å². The zero-order valence-corrected chi connectivity index (χ0v) is 10.3. The number of thiazole rings is 1. The molecule has 7 heteroatoms.